The number of carboxylic acids is 1. The van der Waals surface area contributed by atoms with Gasteiger partial charge < -0.3 is 10.8 Å². The summed E-state index contributed by atoms with van der Waals surface area (Å²) in [5, 5.41) is 8.67. The second kappa shape index (κ2) is 3.79. The fourth-order valence-corrected chi connectivity index (χ4v) is 1.30. The van der Waals surface area contributed by atoms with Crippen LogP contribution in [0.1, 0.15) is 11.1 Å². The summed E-state index contributed by atoms with van der Waals surface area (Å²) >= 11 is 0. The van der Waals surface area contributed by atoms with Gasteiger partial charge in [0.15, 0.2) is 0 Å². The van der Waals surface area contributed by atoms with Gasteiger partial charge in [-0.3, -0.25) is 0 Å². The third-order valence-electron chi connectivity index (χ3n) is 2.26. The van der Waals surface area contributed by atoms with Crippen molar-refractivity contribution in [2.45, 2.75) is 18.6 Å². The third kappa shape index (κ3) is 1.88. The number of nitrogens with two attached hydrogens (primary N) is 1. The van der Waals surface area contributed by atoms with E-state index < -0.39 is 23.2 Å². The predicted molar refractivity (Wildman–Crippen MR) is 50.7 cm³/mol. The van der Waals surface area contributed by atoms with E-state index in [2.05, 4.69) is 0 Å². The van der Waals surface area contributed by atoms with Crippen LogP contribution >= 0.6 is 0 Å². The van der Waals surface area contributed by atoms with Crippen LogP contribution in [0.5, 0.6) is 0 Å². The lowest BCUT2D eigenvalue weighted by Crippen LogP contribution is -2.56. The molecule has 0 fully saturated rings. The molecular formula is C10H10F3NO2. The van der Waals surface area contributed by atoms with Crippen molar-refractivity contribution >= 4 is 5.97 Å². The van der Waals surface area contributed by atoms with Gasteiger partial charge in [0, 0.05) is 0 Å². The summed E-state index contributed by atoms with van der Waals surface area (Å²) in [6.07, 6.45) is -5.05. The minimum atomic E-state index is -5.05. The normalized spacial score (nSPS) is 15.6. The minimum absolute atomic E-state index is 0.479. The molecule has 1 atom stereocenters. The number of alkyl halides is 3. The van der Waals surface area contributed by atoms with Crippen molar-refractivity contribution in [3.8, 4) is 0 Å². The third-order valence-corrected chi connectivity index (χ3v) is 2.26. The number of carbonyl (C=O) groups is 1. The molecule has 1 unspecified atom stereocenters. The molecule has 0 aliphatic rings. The van der Waals surface area contributed by atoms with Crippen molar-refractivity contribution in [2.75, 3.05) is 0 Å². The smallest absolute Gasteiger partial charge is 0.421 e. The highest BCUT2D eigenvalue weighted by Gasteiger charge is 2.59. The Labute approximate surface area is 89.7 Å². The Balaban J connectivity index is 3.39. The molecule has 0 bridgehead atoms. The quantitative estimate of drug-likeness (QED) is 0.818. The fraction of sp³-hybridized carbons (Fsp3) is 0.300. The molecule has 0 aromatic heterocycles. The zero-order valence-electron chi connectivity index (χ0n) is 8.38. The fourth-order valence-electron chi connectivity index (χ4n) is 1.30. The van der Waals surface area contributed by atoms with Gasteiger partial charge >= 0.3 is 12.1 Å². The summed E-state index contributed by atoms with van der Waals surface area (Å²) in [7, 11) is 0. The Hall–Kier alpha value is -1.56. The standard InChI is InChI=1S/C10H10F3NO2/c1-6-3-2-4-7(5-6)9(14,8(15)16)10(11,12)13/h2-5H,14H2,1H3,(H,15,16). The number of hydrogen-bond acceptors (Lipinski definition) is 2. The van der Waals surface area contributed by atoms with Crippen LogP contribution < -0.4 is 5.73 Å². The van der Waals surface area contributed by atoms with Gasteiger partial charge in [-0.1, -0.05) is 29.8 Å². The predicted octanol–water partition coefficient (Wildman–Crippen LogP) is 1.80. The van der Waals surface area contributed by atoms with Crippen LogP contribution in [0.15, 0.2) is 24.3 Å². The van der Waals surface area contributed by atoms with Gasteiger partial charge in [-0.2, -0.15) is 13.2 Å². The highest BCUT2D eigenvalue weighted by Crippen LogP contribution is 2.37. The first-order valence-electron chi connectivity index (χ1n) is 4.35. The summed E-state index contributed by atoms with van der Waals surface area (Å²) in [5.74, 6) is -2.12. The van der Waals surface area contributed by atoms with E-state index in [-0.39, 0.29) is 0 Å². The molecule has 3 N–H and O–H groups in total. The van der Waals surface area contributed by atoms with E-state index in [1.165, 1.54) is 6.07 Å². The van der Waals surface area contributed by atoms with E-state index in [1.807, 2.05) is 0 Å². The molecule has 0 saturated heterocycles. The number of carboxylic acid groups (broad SMARTS) is 1. The molecular weight excluding hydrogens is 223 g/mol. The summed E-state index contributed by atoms with van der Waals surface area (Å²) in [4.78, 5) is 10.7. The van der Waals surface area contributed by atoms with Gasteiger partial charge in [0.2, 0.25) is 5.54 Å². The van der Waals surface area contributed by atoms with Crippen molar-refractivity contribution in [1.82, 2.24) is 0 Å². The Kier molecular flexibility index (Phi) is 2.96. The highest BCUT2D eigenvalue weighted by atomic mass is 19.4. The van der Waals surface area contributed by atoms with Crippen molar-refractivity contribution in [3.05, 3.63) is 35.4 Å². The first kappa shape index (κ1) is 12.5. The second-order valence-electron chi connectivity index (χ2n) is 3.48. The maximum absolute atomic E-state index is 12.7. The van der Waals surface area contributed by atoms with Crippen molar-refractivity contribution in [3.63, 3.8) is 0 Å². The lowest BCUT2D eigenvalue weighted by molar-refractivity contribution is -0.204. The van der Waals surface area contributed by atoms with Gasteiger partial charge in [0.25, 0.3) is 0 Å². The lowest BCUT2D eigenvalue weighted by Gasteiger charge is -2.27. The molecule has 3 nitrogen and oxygen atoms in total. The zero-order chi connectivity index (χ0) is 12.6. The number of hydrogen-bond donors (Lipinski definition) is 2. The van der Waals surface area contributed by atoms with E-state index in [4.69, 9.17) is 10.8 Å². The Morgan fingerprint density at radius 1 is 1.38 bits per heavy atom. The summed E-state index contributed by atoms with van der Waals surface area (Å²) in [5.41, 5.74) is 1.65. The molecule has 0 heterocycles. The molecule has 88 valence electrons. The van der Waals surface area contributed by atoms with Crippen molar-refractivity contribution in [2.24, 2.45) is 5.73 Å². The van der Waals surface area contributed by atoms with E-state index in [1.54, 1.807) is 13.0 Å². The van der Waals surface area contributed by atoms with Gasteiger partial charge in [-0.25, -0.2) is 4.79 Å². The molecule has 0 radical (unpaired) electrons. The molecule has 0 aliphatic heterocycles. The van der Waals surface area contributed by atoms with E-state index in [9.17, 15) is 18.0 Å². The van der Waals surface area contributed by atoms with E-state index in [0.29, 0.717) is 5.56 Å². The molecule has 16 heavy (non-hydrogen) atoms. The first-order valence-corrected chi connectivity index (χ1v) is 4.35. The number of benzene rings is 1. The highest BCUT2D eigenvalue weighted by molar-refractivity contribution is 5.81. The molecule has 0 amide bonds. The van der Waals surface area contributed by atoms with Crippen LogP contribution in [-0.4, -0.2) is 17.3 Å². The average Bonchev–Trinajstić information content (AvgIpc) is 2.14. The minimum Gasteiger partial charge on any atom is -0.479 e. The zero-order valence-corrected chi connectivity index (χ0v) is 8.38. The Bertz CT molecular complexity index is 417. The first-order chi connectivity index (χ1) is 7.19. The van der Waals surface area contributed by atoms with Crippen LogP contribution in [0.2, 0.25) is 0 Å². The summed E-state index contributed by atoms with van der Waals surface area (Å²) < 4.78 is 38.0. The number of aryl methyl sites for hydroxylation is 1. The monoisotopic (exact) mass is 233 g/mol. The Morgan fingerprint density at radius 3 is 2.31 bits per heavy atom. The number of rotatable bonds is 2. The van der Waals surface area contributed by atoms with Crippen molar-refractivity contribution < 1.29 is 23.1 Å². The van der Waals surface area contributed by atoms with E-state index >= 15 is 0 Å². The van der Waals surface area contributed by atoms with Crippen LogP contribution in [0.3, 0.4) is 0 Å². The maximum Gasteiger partial charge on any atom is 0.421 e. The Morgan fingerprint density at radius 2 is 1.94 bits per heavy atom. The van der Waals surface area contributed by atoms with E-state index in [0.717, 1.165) is 12.1 Å². The van der Waals surface area contributed by atoms with Crippen LogP contribution in [-0.2, 0) is 10.3 Å². The number of halogens is 3. The topological polar surface area (TPSA) is 63.3 Å². The molecule has 0 spiro atoms. The maximum atomic E-state index is 12.7. The molecule has 6 heteroatoms. The molecule has 0 saturated carbocycles. The largest absolute Gasteiger partial charge is 0.479 e. The SMILES string of the molecule is Cc1cccc(C(N)(C(=O)O)C(F)(F)F)c1. The van der Waals surface area contributed by atoms with Crippen LogP contribution in [0.4, 0.5) is 13.2 Å². The lowest BCUT2D eigenvalue weighted by atomic mass is 9.89. The van der Waals surface area contributed by atoms with Crippen LogP contribution in [0.25, 0.3) is 0 Å². The van der Waals surface area contributed by atoms with Crippen molar-refractivity contribution in [1.29, 1.82) is 0 Å². The summed E-state index contributed by atoms with van der Waals surface area (Å²) in [6, 6.07) is 5.05. The van der Waals surface area contributed by atoms with Gasteiger partial charge in [-0.05, 0) is 12.5 Å². The molecule has 1 rings (SSSR count). The van der Waals surface area contributed by atoms with Gasteiger partial charge in [0.1, 0.15) is 0 Å². The molecule has 1 aromatic rings. The van der Waals surface area contributed by atoms with Crippen LogP contribution in [0, 0.1) is 6.92 Å². The molecule has 0 aliphatic carbocycles. The average molecular weight is 233 g/mol. The summed E-state index contributed by atoms with van der Waals surface area (Å²) in [6.45, 7) is 1.56. The van der Waals surface area contributed by atoms with Gasteiger partial charge in [0.05, 0.1) is 0 Å². The molecule has 1 aromatic carbocycles. The van der Waals surface area contributed by atoms with Gasteiger partial charge in [-0.15, -0.1) is 0 Å². The number of aliphatic carboxylic acids is 1. The second-order valence-corrected chi connectivity index (χ2v) is 3.48.